The molecule has 1 amide bonds. The minimum atomic E-state index is -1.98. The fourth-order valence-corrected chi connectivity index (χ4v) is 1.90. The first kappa shape index (κ1) is 24.0. The van der Waals surface area contributed by atoms with Crippen molar-refractivity contribution >= 4 is 18.5 Å². The number of amides is 1. The van der Waals surface area contributed by atoms with Gasteiger partial charge in [0.05, 0.1) is 12.7 Å². The Morgan fingerprint density at radius 3 is 2.26 bits per heavy atom. The summed E-state index contributed by atoms with van der Waals surface area (Å²) in [6, 6.07) is 13.2. The van der Waals surface area contributed by atoms with E-state index < -0.39 is 7.12 Å². The van der Waals surface area contributed by atoms with Crippen molar-refractivity contribution in [2.45, 2.75) is 6.54 Å². The van der Waals surface area contributed by atoms with Crippen molar-refractivity contribution in [2.24, 2.45) is 0 Å². The average Bonchev–Trinajstić information content (AvgIpc) is 2.52. The van der Waals surface area contributed by atoms with Gasteiger partial charge in [0.25, 0.3) is 5.91 Å². The number of ether oxygens (including phenoxy) is 1. The molecule has 0 aliphatic heterocycles. The second-order valence-electron chi connectivity index (χ2n) is 4.46. The van der Waals surface area contributed by atoms with Crippen LogP contribution in [0.4, 0.5) is 0 Å². The van der Waals surface area contributed by atoms with Crippen LogP contribution in [-0.2, 0) is 6.54 Å². The summed E-state index contributed by atoms with van der Waals surface area (Å²) in [5.41, 5.74) is 1.45. The molecule has 1 N–H and O–H groups in total. The van der Waals surface area contributed by atoms with E-state index in [4.69, 9.17) is 4.74 Å². The van der Waals surface area contributed by atoms with Crippen molar-refractivity contribution in [3.8, 4) is 5.75 Å². The molecule has 0 saturated heterocycles. The van der Waals surface area contributed by atoms with Gasteiger partial charge in [-0.05, 0) is 17.7 Å². The molecule has 5 nitrogen and oxygen atoms in total. The topological polar surface area (TPSA) is 84.5 Å². The number of hydrogen-bond donors (Lipinski definition) is 1. The predicted molar refractivity (Wildman–Crippen MR) is 76.0 cm³/mol. The summed E-state index contributed by atoms with van der Waals surface area (Å²) in [7, 11) is -0.477. The van der Waals surface area contributed by atoms with Crippen LogP contribution in [0.5, 0.6) is 5.75 Å². The SMILES string of the molecule is COc1ccccc1C(=O)NCc1ccc(B([O-])[O-])cc1.[K+].[K+]. The zero-order chi connectivity index (χ0) is 15.2. The van der Waals surface area contributed by atoms with Crippen molar-refractivity contribution in [1.82, 2.24) is 5.32 Å². The summed E-state index contributed by atoms with van der Waals surface area (Å²) < 4.78 is 5.13. The molecule has 0 atom stereocenters. The molecule has 0 heterocycles. The molecule has 0 aliphatic carbocycles. The minimum Gasteiger partial charge on any atom is -0.889 e. The smallest absolute Gasteiger partial charge is 0.889 e. The van der Waals surface area contributed by atoms with Crippen LogP contribution in [0.3, 0.4) is 0 Å². The number of rotatable bonds is 5. The molecular weight excluding hydrogens is 347 g/mol. The van der Waals surface area contributed by atoms with Gasteiger partial charge >= 0.3 is 103 Å². The number of para-hydroxylation sites is 1. The monoisotopic (exact) mass is 361 g/mol. The first-order chi connectivity index (χ1) is 10.1. The van der Waals surface area contributed by atoms with Gasteiger partial charge in [0.1, 0.15) is 5.75 Å². The van der Waals surface area contributed by atoms with Gasteiger partial charge in [0.2, 0.25) is 0 Å². The zero-order valence-corrected chi connectivity index (χ0v) is 19.8. The second-order valence-corrected chi connectivity index (χ2v) is 4.46. The summed E-state index contributed by atoms with van der Waals surface area (Å²) in [5.74, 6) is 0.257. The van der Waals surface area contributed by atoms with Crippen molar-refractivity contribution in [3.63, 3.8) is 0 Å². The van der Waals surface area contributed by atoms with Gasteiger partial charge in [-0.3, -0.25) is 4.79 Å². The van der Waals surface area contributed by atoms with Crippen LogP contribution in [-0.4, -0.2) is 20.1 Å². The van der Waals surface area contributed by atoms with Crippen molar-refractivity contribution in [2.75, 3.05) is 7.11 Å². The fourth-order valence-electron chi connectivity index (χ4n) is 1.90. The molecule has 0 aliphatic rings. The number of benzene rings is 2. The third-order valence-electron chi connectivity index (χ3n) is 3.06. The van der Waals surface area contributed by atoms with E-state index in [1.54, 1.807) is 36.4 Å². The summed E-state index contributed by atoms with van der Waals surface area (Å²) >= 11 is 0. The van der Waals surface area contributed by atoms with Crippen LogP contribution >= 0.6 is 0 Å². The van der Waals surface area contributed by atoms with Crippen molar-refractivity contribution < 1.29 is 122 Å². The summed E-state index contributed by atoms with van der Waals surface area (Å²) in [4.78, 5) is 12.1. The number of methoxy groups -OCH3 is 1. The van der Waals surface area contributed by atoms with Gasteiger partial charge in [0, 0.05) is 6.54 Å². The molecule has 0 bridgehead atoms. The number of hydrogen-bond acceptors (Lipinski definition) is 4. The van der Waals surface area contributed by atoms with E-state index in [2.05, 4.69) is 5.32 Å². The summed E-state index contributed by atoms with van der Waals surface area (Å²) in [5, 5.41) is 24.2. The van der Waals surface area contributed by atoms with Crippen LogP contribution in [0.15, 0.2) is 48.5 Å². The van der Waals surface area contributed by atoms with Gasteiger partial charge in [-0.25, -0.2) is 0 Å². The quantitative estimate of drug-likeness (QED) is 0.537. The van der Waals surface area contributed by atoms with Gasteiger partial charge in [-0.1, -0.05) is 43.5 Å². The van der Waals surface area contributed by atoms with Crippen molar-refractivity contribution in [3.05, 3.63) is 59.7 Å². The van der Waals surface area contributed by atoms with E-state index in [9.17, 15) is 14.8 Å². The Morgan fingerprint density at radius 1 is 1.09 bits per heavy atom. The van der Waals surface area contributed by atoms with Crippen molar-refractivity contribution in [1.29, 1.82) is 0 Å². The van der Waals surface area contributed by atoms with Crippen LogP contribution < -0.4 is 128 Å². The van der Waals surface area contributed by atoms with Crippen LogP contribution in [0.1, 0.15) is 15.9 Å². The Labute approximate surface area is 221 Å². The molecule has 0 aromatic heterocycles. The zero-order valence-electron chi connectivity index (χ0n) is 13.5. The van der Waals surface area contributed by atoms with E-state index in [1.165, 1.54) is 19.2 Å². The molecular formula is C15H14BK2NO4. The van der Waals surface area contributed by atoms with E-state index in [0.29, 0.717) is 17.9 Å². The average molecular weight is 361 g/mol. The Kier molecular flexibility index (Phi) is 12.9. The fraction of sp³-hybridized carbons (Fsp3) is 0.133. The number of carbonyl (C=O) groups is 1. The van der Waals surface area contributed by atoms with Gasteiger partial charge < -0.3 is 20.1 Å². The van der Waals surface area contributed by atoms with Gasteiger partial charge in [-0.2, -0.15) is 0 Å². The third kappa shape index (κ3) is 7.39. The van der Waals surface area contributed by atoms with E-state index in [0.717, 1.165) is 5.56 Å². The van der Waals surface area contributed by atoms with Gasteiger partial charge in [0.15, 0.2) is 0 Å². The Balaban J connectivity index is 0.00000242. The van der Waals surface area contributed by atoms with E-state index >= 15 is 0 Å². The molecule has 2 aromatic carbocycles. The predicted octanol–water partition coefficient (Wildman–Crippen LogP) is -6.95. The molecule has 2 aromatic rings. The molecule has 0 saturated carbocycles. The normalized spacial score (nSPS) is 9.17. The molecule has 108 valence electrons. The molecule has 2 rings (SSSR count). The molecule has 0 unspecified atom stereocenters. The first-order valence-corrected chi connectivity index (χ1v) is 6.43. The van der Waals surface area contributed by atoms with Gasteiger partial charge in [-0.15, -0.1) is 5.46 Å². The maximum Gasteiger partial charge on any atom is 1.00 e. The maximum absolute atomic E-state index is 12.1. The Hall–Kier alpha value is 0.968. The first-order valence-electron chi connectivity index (χ1n) is 6.43. The Bertz CT molecular complexity index is 623. The molecule has 8 heteroatoms. The largest absolute Gasteiger partial charge is 1.00 e. The van der Waals surface area contributed by atoms with E-state index in [-0.39, 0.29) is 114 Å². The minimum absolute atomic E-state index is 0. The van der Waals surface area contributed by atoms with E-state index in [1.807, 2.05) is 0 Å². The summed E-state index contributed by atoms with van der Waals surface area (Å²) in [6.07, 6.45) is 0. The molecule has 0 fully saturated rings. The van der Waals surface area contributed by atoms with Crippen LogP contribution in [0.2, 0.25) is 0 Å². The third-order valence-corrected chi connectivity index (χ3v) is 3.06. The molecule has 0 radical (unpaired) electrons. The van der Waals surface area contributed by atoms with Crippen LogP contribution in [0.25, 0.3) is 0 Å². The standard InChI is InChI=1S/C15H14BNO4.2K/c1-21-14-5-3-2-4-13(14)15(18)17-10-11-6-8-12(9-7-11)16(19)20;;/h2-9H,10H2,1H3,(H,17,18);;/q-2;2*+1. The number of nitrogens with one attached hydrogen (secondary N) is 1. The summed E-state index contributed by atoms with van der Waals surface area (Å²) in [6.45, 7) is 0.305. The molecule has 23 heavy (non-hydrogen) atoms. The second kappa shape index (κ2) is 12.3. The molecule has 0 spiro atoms. The number of carbonyl (C=O) groups excluding carboxylic acids is 1. The van der Waals surface area contributed by atoms with Crippen LogP contribution in [0, 0.1) is 0 Å². The Morgan fingerprint density at radius 2 is 1.70 bits per heavy atom. The maximum atomic E-state index is 12.1.